The summed E-state index contributed by atoms with van der Waals surface area (Å²) in [5, 5.41) is 11.8. The highest BCUT2D eigenvalue weighted by molar-refractivity contribution is 7.90. The van der Waals surface area contributed by atoms with E-state index in [1.165, 1.54) is 23.5 Å². The molecule has 0 aliphatic heterocycles. The summed E-state index contributed by atoms with van der Waals surface area (Å²) in [6.07, 6.45) is 0. The number of aryl methyl sites for hydroxylation is 1. The highest BCUT2D eigenvalue weighted by Gasteiger charge is 2.21. The molecule has 2 heterocycles. The molecule has 0 saturated carbocycles. The first kappa shape index (κ1) is 28.3. The lowest BCUT2D eigenvalue weighted by molar-refractivity contribution is -0.122. The fourth-order valence-corrected chi connectivity index (χ4v) is 5.01. The summed E-state index contributed by atoms with van der Waals surface area (Å²) in [6, 6.07) is 8.27. The molecule has 0 bridgehead atoms. The van der Waals surface area contributed by atoms with E-state index in [4.69, 9.17) is 9.90 Å². The SMILES string of the molecule is Cc1nc(S(=O)(=O)Cc2cscn2)ccc1NCc1c(F)cccc1CN(C)C(C)(C)C.O=CO. The van der Waals surface area contributed by atoms with Crippen molar-refractivity contribution in [1.82, 2.24) is 14.9 Å². The fraction of sp³-hybridized carbons (Fsp3) is 0.375. The van der Waals surface area contributed by atoms with Gasteiger partial charge in [-0.05, 0) is 58.5 Å². The molecule has 0 amide bonds. The number of anilines is 1. The number of nitrogens with one attached hydrogen (secondary N) is 1. The topological polar surface area (TPSA) is 112 Å². The summed E-state index contributed by atoms with van der Waals surface area (Å²) >= 11 is 1.35. The van der Waals surface area contributed by atoms with Gasteiger partial charge in [-0.15, -0.1) is 11.3 Å². The Hall–Kier alpha value is -2.89. The smallest absolute Gasteiger partial charge is 0.290 e. The van der Waals surface area contributed by atoms with Gasteiger partial charge < -0.3 is 10.4 Å². The monoisotopic (exact) mass is 522 g/mol. The van der Waals surface area contributed by atoms with E-state index < -0.39 is 9.84 Å². The van der Waals surface area contributed by atoms with Crippen LogP contribution in [0.25, 0.3) is 0 Å². The fourth-order valence-electron chi connectivity index (χ4n) is 3.10. The van der Waals surface area contributed by atoms with Gasteiger partial charge in [0.15, 0.2) is 5.03 Å². The molecule has 0 saturated heterocycles. The lowest BCUT2D eigenvalue weighted by atomic mass is 10.0. The lowest BCUT2D eigenvalue weighted by Crippen LogP contribution is -2.37. The largest absolute Gasteiger partial charge is 0.483 e. The zero-order valence-electron chi connectivity index (χ0n) is 20.4. The van der Waals surface area contributed by atoms with Crippen LogP contribution in [0.3, 0.4) is 0 Å². The maximum Gasteiger partial charge on any atom is 0.290 e. The number of benzene rings is 1. The number of pyridine rings is 1. The minimum absolute atomic E-state index is 0.00642. The molecule has 8 nitrogen and oxygen atoms in total. The van der Waals surface area contributed by atoms with Gasteiger partial charge in [0.2, 0.25) is 9.84 Å². The average molecular weight is 523 g/mol. The lowest BCUT2D eigenvalue weighted by Gasteiger charge is -2.32. The second-order valence-electron chi connectivity index (χ2n) is 8.88. The van der Waals surface area contributed by atoms with Gasteiger partial charge in [0.1, 0.15) is 5.82 Å². The van der Waals surface area contributed by atoms with Crippen LogP contribution in [0.4, 0.5) is 10.1 Å². The average Bonchev–Trinajstić information content (AvgIpc) is 3.26. The summed E-state index contributed by atoms with van der Waals surface area (Å²) in [5.41, 5.74) is 4.75. The third-order valence-electron chi connectivity index (χ3n) is 5.42. The highest BCUT2D eigenvalue weighted by atomic mass is 32.2. The summed E-state index contributed by atoms with van der Waals surface area (Å²) in [7, 11) is -1.58. The van der Waals surface area contributed by atoms with Crippen molar-refractivity contribution < 1.29 is 22.7 Å². The van der Waals surface area contributed by atoms with Crippen LogP contribution in [0.2, 0.25) is 0 Å². The molecule has 0 radical (unpaired) electrons. The predicted molar refractivity (Wildman–Crippen MR) is 136 cm³/mol. The molecule has 0 aliphatic carbocycles. The molecule has 2 N–H and O–H groups in total. The standard InChI is InChI=1S/C23H29FN4O2S2.CH2O2/c1-16-21(9-10-22(27-16)32(29,30)14-18-13-31-15-26-18)25-11-19-17(7-6-8-20(19)24)12-28(5)23(2,3)4;2-1-3/h6-10,13,15,25H,11-12,14H2,1-5H3;1H,(H,2,3). The summed E-state index contributed by atoms with van der Waals surface area (Å²) < 4.78 is 39.9. The molecule has 35 heavy (non-hydrogen) atoms. The Kier molecular flexibility index (Phi) is 9.87. The van der Waals surface area contributed by atoms with E-state index in [0.717, 1.165) is 5.56 Å². The molecule has 0 fully saturated rings. The summed E-state index contributed by atoms with van der Waals surface area (Å²) in [4.78, 5) is 18.9. The number of aromatic nitrogens is 2. The zero-order chi connectivity index (χ0) is 26.2. The third kappa shape index (κ3) is 8.08. The number of nitrogens with zero attached hydrogens (tertiary/aromatic N) is 3. The maximum atomic E-state index is 14.6. The zero-order valence-corrected chi connectivity index (χ0v) is 22.1. The highest BCUT2D eigenvalue weighted by Crippen LogP contribution is 2.23. The molecule has 190 valence electrons. The Labute approximate surface area is 209 Å². The van der Waals surface area contributed by atoms with Crippen LogP contribution in [0, 0.1) is 12.7 Å². The molecular weight excluding hydrogens is 491 g/mol. The number of carboxylic acid groups (broad SMARTS) is 1. The van der Waals surface area contributed by atoms with E-state index in [-0.39, 0.29) is 35.2 Å². The number of sulfone groups is 1. The number of hydrogen-bond donors (Lipinski definition) is 2. The second-order valence-corrected chi connectivity index (χ2v) is 11.5. The van der Waals surface area contributed by atoms with Crippen molar-refractivity contribution in [1.29, 1.82) is 0 Å². The van der Waals surface area contributed by atoms with Crippen LogP contribution in [-0.2, 0) is 33.5 Å². The molecule has 0 atom stereocenters. The van der Waals surface area contributed by atoms with E-state index in [0.29, 0.717) is 29.2 Å². The van der Waals surface area contributed by atoms with Gasteiger partial charge in [0.05, 0.1) is 28.3 Å². The van der Waals surface area contributed by atoms with E-state index in [1.807, 2.05) is 13.1 Å². The minimum atomic E-state index is -3.59. The predicted octanol–water partition coefficient (Wildman–Crippen LogP) is 4.50. The van der Waals surface area contributed by atoms with E-state index >= 15 is 0 Å². The van der Waals surface area contributed by atoms with Gasteiger partial charge in [-0.2, -0.15) is 0 Å². The molecule has 11 heteroatoms. The first-order chi connectivity index (χ1) is 16.4. The molecule has 3 rings (SSSR count). The van der Waals surface area contributed by atoms with Gasteiger partial charge in [-0.3, -0.25) is 9.69 Å². The molecule has 3 aromatic rings. The van der Waals surface area contributed by atoms with Gasteiger partial charge >= 0.3 is 0 Å². The third-order valence-corrected chi connectivity index (χ3v) is 7.60. The first-order valence-electron chi connectivity index (χ1n) is 10.8. The van der Waals surface area contributed by atoms with Crippen molar-refractivity contribution in [2.75, 3.05) is 12.4 Å². The minimum Gasteiger partial charge on any atom is -0.483 e. The van der Waals surface area contributed by atoms with E-state index in [9.17, 15) is 12.8 Å². The van der Waals surface area contributed by atoms with Gasteiger partial charge in [0, 0.05) is 29.6 Å². The van der Waals surface area contributed by atoms with Gasteiger partial charge in [-0.25, -0.2) is 22.8 Å². The van der Waals surface area contributed by atoms with E-state index in [1.54, 1.807) is 29.9 Å². The Morgan fingerprint density at radius 3 is 2.49 bits per heavy atom. The molecule has 2 aromatic heterocycles. The van der Waals surface area contributed by atoms with Gasteiger partial charge in [0.25, 0.3) is 6.47 Å². The number of halogens is 1. The molecule has 0 spiro atoms. The summed E-state index contributed by atoms with van der Waals surface area (Å²) in [6.45, 7) is 8.71. The number of hydrogen-bond acceptors (Lipinski definition) is 8. The molecule has 1 aromatic carbocycles. The Balaban J connectivity index is 0.00000137. The van der Waals surface area contributed by atoms with Crippen molar-refractivity contribution in [3.05, 3.63) is 69.6 Å². The molecular formula is C24H31FN4O4S2. The van der Waals surface area contributed by atoms with Crippen molar-refractivity contribution in [3.63, 3.8) is 0 Å². The molecule has 0 unspecified atom stereocenters. The van der Waals surface area contributed by atoms with Crippen LogP contribution in [0.15, 0.2) is 46.2 Å². The van der Waals surface area contributed by atoms with Crippen LogP contribution in [0.1, 0.15) is 43.3 Å². The second kappa shape index (κ2) is 12.2. The normalized spacial score (nSPS) is 11.6. The van der Waals surface area contributed by atoms with Crippen molar-refractivity contribution in [3.8, 4) is 0 Å². The van der Waals surface area contributed by atoms with Crippen LogP contribution >= 0.6 is 11.3 Å². The number of rotatable bonds is 8. The summed E-state index contributed by atoms with van der Waals surface area (Å²) in [5.74, 6) is -0.458. The Bertz CT molecular complexity index is 1230. The van der Waals surface area contributed by atoms with Crippen LogP contribution in [-0.4, -0.2) is 47.5 Å². The Morgan fingerprint density at radius 1 is 1.23 bits per heavy atom. The van der Waals surface area contributed by atoms with Crippen LogP contribution in [0.5, 0.6) is 0 Å². The quantitative estimate of drug-likeness (QED) is 0.416. The van der Waals surface area contributed by atoms with Crippen molar-refractivity contribution >= 4 is 33.3 Å². The number of thiazole rings is 1. The van der Waals surface area contributed by atoms with Gasteiger partial charge in [-0.1, -0.05) is 12.1 Å². The number of carbonyl (C=O) groups is 1. The van der Waals surface area contributed by atoms with Crippen molar-refractivity contribution in [2.24, 2.45) is 0 Å². The maximum absolute atomic E-state index is 14.6. The van der Waals surface area contributed by atoms with E-state index in [2.05, 4.69) is 41.0 Å². The Morgan fingerprint density at radius 2 is 1.91 bits per heavy atom. The van der Waals surface area contributed by atoms with Crippen molar-refractivity contribution in [2.45, 2.75) is 57.1 Å². The van der Waals surface area contributed by atoms with Crippen LogP contribution < -0.4 is 5.32 Å². The molecule has 0 aliphatic rings. The first-order valence-corrected chi connectivity index (χ1v) is 13.3.